The number of ketones is 2. The van der Waals surface area contributed by atoms with Crippen LogP contribution in [0.15, 0.2) is 146 Å². The van der Waals surface area contributed by atoms with E-state index in [9.17, 15) is 19.8 Å². The Bertz CT molecular complexity index is 3620. The predicted molar refractivity (Wildman–Crippen MR) is 320 cm³/mol. The smallest absolute Gasteiger partial charge is 0.185 e. The summed E-state index contributed by atoms with van der Waals surface area (Å²) in [6, 6.07) is 24.5. The summed E-state index contributed by atoms with van der Waals surface area (Å²) in [5.74, 6) is -0.396. The number of halogens is 11. The quantitative estimate of drug-likeness (QED) is 0.0191. The number of carbonyl (C=O) groups excluding carboxylic acids is 2. The van der Waals surface area contributed by atoms with E-state index in [1.165, 1.54) is 50.8 Å². The second-order valence-corrected chi connectivity index (χ2v) is 21.9. The number of nitrogens with two attached hydrogens (primary N) is 1. The zero-order valence-electron chi connectivity index (χ0n) is 42.5. The number of epoxide rings is 1. The van der Waals surface area contributed by atoms with Crippen molar-refractivity contribution in [2.75, 3.05) is 25.6 Å². The lowest BCUT2D eigenvalue weighted by molar-refractivity contribution is 0.0233. The molecule has 0 bridgehead atoms. The van der Waals surface area contributed by atoms with Crippen LogP contribution < -0.4 is 5.73 Å². The topological polar surface area (TPSA) is 285 Å². The van der Waals surface area contributed by atoms with Gasteiger partial charge in [-0.15, -0.1) is 32.0 Å². The van der Waals surface area contributed by atoms with Crippen LogP contribution in [0.2, 0.25) is 50.2 Å². The van der Waals surface area contributed by atoms with Crippen molar-refractivity contribution in [3.8, 4) is 0 Å². The van der Waals surface area contributed by atoms with Crippen molar-refractivity contribution in [1.82, 2.24) is 60.0 Å². The number of hydrogen-bond donors (Lipinski definition) is 3. The van der Waals surface area contributed by atoms with Crippen molar-refractivity contribution < 1.29 is 24.5 Å². The molecule has 4 N–H and O–H groups in total. The molecule has 0 amide bonds. The summed E-state index contributed by atoms with van der Waals surface area (Å²) in [5.41, 5.74) is 13.7. The van der Waals surface area contributed by atoms with Gasteiger partial charge in [-0.2, -0.15) is 0 Å². The molecule has 5 aromatic carbocycles. The number of aromatic nitrogens is 12. The van der Waals surface area contributed by atoms with Gasteiger partial charge in [0.25, 0.3) is 0 Å². The van der Waals surface area contributed by atoms with Gasteiger partial charge in [-0.25, -0.2) is 18.7 Å². The second-order valence-electron chi connectivity index (χ2n) is 17.4. The Balaban J connectivity index is 0.000000168. The molecule has 0 radical (unpaired) electrons. The Labute approximate surface area is 528 Å². The van der Waals surface area contributed by atoms with Crippen LogP contribution in [0, 0.1) is 0 Å². The number of hydrogen-bond acceptors (Lipinski definition) is 15. The summed E-state index contributed by atoms with van der Waals surface area (Å²) in [6.07, 6.45) is 12.8. The first-order valence-electron chi connectivity index (χ1n) is 23.7. The number of ether oxygens (including phenoxy) is 1. The van der Waals surface area contributed by atoms with Gasteiger partial charge in [-0.05, 0) is 78.3 Å². The van der Waals surface area contributed by atoms with E-state index in [1.807, 2.05) is 12.1 Å². The lowest BCUT2D eigenvalue weighted by Crippen LogP contribution is -2.39. The normalized spacial score (nSPS) is 14.5. The monoisotopic (exact) mass is 1340 g/mol. The molecule has 32 heteroatoms. The summed E-state index contributed by atoms with van der Waals surface area (Å²) in [4.78, 5) is 25.6. The minimum Gasteiger partial charge on any atom is -0.383 e. The zero-order valence-corrected chi connectivity index (χ0v) is 50.8. The van der Waals surface area contributed by atoms with E-state index < -0.39 is 11.2 Å². The molecule has 1 aliphatic rings. The largest absolute Gasteiger partial charge is 0.383 e. The number of nitrogens with zero attached hydrogens (tertiary/aromatic N) is 15. The van der Waals surface area contributed by atoms with Gasteiger partial charge in [0, 0.05) is 104 Å². The van der Waals surface area contributed by atoms with Crippen molar-refractivity contribution in [2.45, 2.75) is 43.0 Å². The lowest BCUT2D eigenvalue weighted by Gasteiger charge is -2.27. The summed E-state index contributed by atoms with van der Waals surface area (Å²) in [7, 11) is 0. The Morgan fingerprint density at radius 1 is 0.578 bits per heavy atom. The van der Waals surface area contributed by atoms with Crippen molar-refractivity contribution in [3.63, 3.8) is 0 Å². The van der Waals surface area contributed by atoms with Crippen LogP contribution in [-0.4, -0.2) is 107 Å². The van der Waals surface area contributed by atoms with Gasteiger partial charge in [-0.1, -0.05) is 160 Å². The molecular formula is C51H43Cl11N16O5. The maximum atomic E-state index is 11.8. The molecule has 9 aromatic rings. The summed E-state index contributed by atoms with van der Waals surface area (Å²) < 4.78 is 11.7. The number of Topliss-reactive ketones (excluding diaryl/α,β-unsaturated/α-hetero) is 2. The number of benzene rings is 5. The maximum Gasteiger partial charge on any atom is 0.185 e. The van der Waals surface area contributed by atoms with E-state index in [-0.39, 0.29) is 60.8 Å². The van der Waals surface area contributed by atoms with Gasteiger partial charge >= 0.3 is 0 Å². The van der Waals surface area contributed by atoms with E-state index in [0.717, 1.165) is 5.56 Å². The van der Waals surface area contributed by atoms with Crippen molar-refractivity contribution in [1.29, 1.82) is 0 Å². The van der Waals surface area contributed by atoms with Crippen LogP contribution in [0.1, 0.15) is 37.4 Å². The minimum absolute atomic E-state index is 0.00815. The van der Waals surface area contributed by atoms with Gasteiger partial charge < -0.3 is 20.7 Å². The average molecular weight is 1350 g/mol. The van der Waals surface area contributed by atoms with Gasteiger partial charge in [0.05, 0.1) is 73.5 Å². The molecule has 4 aromatic heterocycles. The maximum absolute atomic E-state index is 11.8. The van der Waals surface area contributed by atoms with Crippen LogP contribution in [0.4, 0.5) is 0 Å². The molecule has 83 heavy (non-hydrogen) atoms. The number of aliphatic hydroxyl groups is 2. The predicted octanol–water partition coefficient (Wildman–Crippen LogP) is 12.6. The van der Waals surface area contributed by atoms with E-state index in [4.69, 9.17) is 144 Å². The third-order valence-corrected chi connectivity index (χ3v) is 14.5. The Morgan fingerprint density at radius 3 is 1.37 bits per heavy atom. The summed E-state index contributed by atoms with van der Waals surface area (Å²) in [6.45, 7) is 1.39. The highest BCUT2D eigenvalue weighted by molar-refractivity contribution is 6.39. The third-order valence-electron chi connectivity index (χ3n) is 11.6. The zero-order chi connectivity index (χ0) is 60.3. The van der Waals surface area contributed by atoms with E-state index in [0.29, 0.717) is 80.6 Å². The van der Waals surface area contributed by atoms with Gasteiger partial charge in [-0.3, -0.25) is 9.59 Å². The highest BCUT2D eigenvalue weighted by Gasteiger charge is 2.48. The van der Waals surface area contributed by atoms with E-state index in [1.54, 1.807) is 96.3 Å². The molecule has 1 saturated heterocycles. The number of azide groups is 1. The second kappa shape index (κ2) is 31.5. The SMILES string of the molecule is Clc1ccc(C2(Cn3ccnn3)CO2)c(Cl)c1.NCC(O)(Cn1ccnn1)c1ccc(Cl)cc1Cl.O=C(CCl)c1ccc(Cl)cc1Cl.O=C(Cn1ccnn1)c1ccc(Cl)cc1Cl.[N-]=[N+]=NCC(O)(Cn1ccnn1)c1ccc(Cl)cc1Cl. The molecule has 3 atom stereocenters. The Hall–Kier alpha value is -5.66. The van der Waals surface area contributed by atoms with Crippen LogP contribution >= 0.6 is 128 Å². The van der Waals surface area contributed by atoms with Crippen LogP contribution in [0.5, 0.6) is 0 Å². The van der Waals surface area contributed by atoms with Gasteiger partial charge in [0.2, 0.25) is 0 Å². The first kappa shape index (κ1) is 66.5. The van der Waals surface area contributed by atoms with E-state index >= 15 is 0 Å². The standard InChI is InChI=1S/C11H10Cl2N6O.C11H12Cl2N4O.C11H9Cl2N3O.C10H7Cl2N3O.C8H5Cl3O/c12-8-1-2-9(10(13)5-8)11(20,6-16-17-14)7-19-4-3-15-18-19;12-8-1-2-9(10(13)5-8)11(18,6-14)7-17-4-3-15-16-17;12-8-1-2-9(10(13)5-8)11(7-17-11)6-16-4-3-14-15-16;11-7-1-2-8(9(12)5-7)10(16)6-15-4-3-13-14-15;9-4-8(12)6-2-1-5(10)3-7(6)11/h1-5,20H,6-7H2;1-5,18H,6-7,14H2;1-5H,6-7H2;1-5H,6H2;1-3H,4H2. The fourth-order valence-corrected chi connectivity index (χ4v) is 10.4. The molecule has 0 saturated carbocycles. The molecule has 1 aliphatic heterocycles. The fraction of sp³-hybridized carbons (Fsp3) is 0.216. The van der Waals surface area contributed by atoms with Gasteiger partial charge in [0.1, 0.15) is 23.3 Å². The molecule has 434 valence electrons. The molecule has 21 nitrogen and oxygen atoms in total. The number of rotatable bonds is 17. The highest BCUT2D eigenvalue weighted by Crippen LogP contribution is 2.44. The third kappa shape index (κ3) is 19.4. The minimum atomic E-state index is -1.50. The van der Waals surface area contributed by atoms with E-state index in [2.05, 4.69) is 51.3 Å². The molecule has 5 heterocycles. The fourth-order valence-electron chi connectivity index (χ4n) is 7.44. The number of alkyl halides is 1. The van der Waals surface area contributed by atoms with Crippen molar-refractivity contribution >= 4 is 139 Å². The van der Waals surface area contributed by atoms with Gasteiger partial charge in [0.15, 0.2) is 11.6 Å². The Kier molecular flexibility index (Phi) is 25.2. The molecule has 10 rings (SSSR count). The summed E-state index contributed by atoms with van der Waals surface area (Å²) >= 11 is 64.3. The first-order chi connectivity index (χ1) is 39.6. The Morgan fingerprint density at radius 2 is 0.976 bits per heavy atom. The highest BCUT2D eigenvalue weighted by atomic mass is 35.5. The molecule has 0 aliphatic carbocycles. The van der Waals surface area contributed by atoms with Crippen molar-refractivity contribution in [2.24, 2.45) is 10.8 Å². The summed E-state index contributed by atoms with van der Waals surface area (Å²) in [5, 5.41) is 59.3. The lowest BCUT2D eigenvalue weighted by atomic mass is 9.93. The number of carbonyl (C=O) groups is 2. The molecule has 0 spiro atoms. The molecule has 3 unspecified atom stereocenters. The van der Waals surface area contributed by atoms with Crippen molar-refractivity contribution in [3.05, 3.63) is 229 Å². The van der Waals surface area contributed by atoms with Crippen LogP contribution in [0.3, 0.4) is 0 Å². The van der Waals surface area contributed by atoms with Crippen LogP contribution in [0.25, 0.3) is 10.4 Å². The molecule has 1 fully saturated rings. The molecular weight excluding hydrogens is 1310 g/mol. The first-order valence-corrected chi connectivity index (χ1v) is 28.0. The average Bonchev–Trinajstić information content (AvgIpc) is 3.22. The van der Waals surface area contributed by atoms with Crippen LogP contribution in [-0.2, 0) is 47.7 Å².